The van der Waals surface area contributed by atoms with Crippen LogP contribution >= 0.6 is 0 Å². The topological polar surface area (TPSA) is 118 Å². The third kappa shape index (κ3) is 8.07. The quantitative estimate of drug-likeness (QED) is 0.217. The molecule has 1 saturated carbocycles. The second-order valence-corrected chi connectivity index (χ2v) is 11.3. The van der Waals surface area contributed by atoms with Gasteiger partial charge in [-0.25, -0.2) is 5.06 Å². The maximum Gasteiger partial charge on any atom is 0.245 e. The molecule has 1 aromatic heterocycles. The van der Waals surface area contributed by atoms with Gasteiger partial charge in [-0.3, -0.25) is 19.6 Å². The first kappa shape index (κ1) is 27.2. The number of nitrogens with one attached hydrogen (secondary N) is 3. The number of carbonyl (C=O) groups is 3. The number of nitrogens with zero attached hydrogens (tertiary/aromatic N) is 2. The van der Waals surface area contributed by atoms with Crippen molar-refractivity contribution in [3.05, 3.63) is 24.0 Å². The molecule has 0 radical (unpaired) electrons. The maximum absolute atomic E-state index is 13.5. The third-order valence-electron chi connectivity index (χ3n) is 7.44. The molecule has 1 aliphatic heterocycles. The zero-order chi connectivity index (χ0) is 25.4. The predicted octanol–water partition coefficient (Wildman–Crippen LogP) is 2.67. The van der Waals surface area contributed by atoms with Crippen LogP contribution in [0.25, 0.3) is 0 Å². The van der Waals surface area contributed by atoms with Gasteiger partial charge in [0.15, 0.2) is 0 Å². The first-order chi connectivity index (χ1) is 16.7. The van der Waals surface area contributed by atoms with Crippen molar-refractivity contribution < 1.29 is 19.6 Å². The minimum atomic E-state index is -0.673. The van der Waals surface area contributed by atoms with Gasteiger partial charge in [0.2, 0.25) is 18.2 Å². The van der Waals surface area contributed by atoms with Crippen LogP contribution in [-0.4, -0.2) is 70.1 Å². The van der Waals surface area contributed by atoms with E-state index in [-0.39, 0.29) is 18.4 Å². The Kier molecular flexibility index (Phi) is 9.74. The molecule has 3 amide bonds. The van der Waals surface area contributed by atoms with E-state index < -0.39 is 17.4 Å². The van der Waals surface area contributed by atoms with Gasteiger partial charge < -0.3 is 20.5 Å². The van der Waals surface area contributed by atoms with Crippen molar-refractivity contribution in [1.29, 1.82) is 0 Å². The summed E-state index contributed by atoms with van der Waals surface area (Å²) in [6, 6.07) is 3.70. The largest absolute Gasteiger partial charge is 0.364 e. The van der Waals surface area contributed by atoms with Gasteiger partial charge in [0, 0.05) is 37.6 Å². The van der Waals surface area contributed by atoms with Gasteiger partial charge in [0.25, 0.3) is 0 Å². The van der Waals surface area contributed by atoms with Gasteiger partial charge in [-0.2, -0.15) is 0 Å². The zero-order valence-electron chi connectivity index (χ0n) is 21.5. The highest BCUT2D eigenvalue weighted by Crippen LogP contribution is 2.31. The summed E-state index contributed by atoms with van der Waals surface area (Å²) >= 11 is 0. The summed E-state index contributed by atoms with van der Waals surface area (Å²) in [5, 5.41) is 16.9. The summed E-state index contributed by atoms with van der Waals surface area (Å²) in [6.45, 7) is 7.87. The van der Waals surface area contributed by atoms with Gasteiger partial charge in [-0.15, -0.1) is 0 Å². The molecular weight excluding hydrogens is 446 g/mol. The number of rotatable bonds is 11. The van der Waals surface area contributed by atoms with Gasteiger partial charge in [0.05, 0.1) is 12.5 Å². The molecule has 9 nitrogen and oxygen atoms in total. The summed E-state index contributed by atoms with van der Waals surface area (Å²) in [5.41, 5.74) is 0.666. The van der Waals surface area contributed by atoms with Crippen molar-refractivity contribution in [1.82, 2.24) is 25.6 Å². The van der Waals surface area contributed by atoms with E-state index in [1.54, 1.807) is 0 Å². The number of hydroxylamine groups is 2. The molecule has 2 fully saturated rings. The highest BCUT2D eigenvalue weighted by molar-refractivity contribution is 5.89. The number of likely N-dealkylation sites (tertiary alicyclic amines) is 1. The summed E-state index contributed by atoms with van der Waals surface area (Å²) in [5.74, 6) is -0.473. The van der Waals surface area contributed by atoms with Crippen LogP contribution in [0.1, 0.15) is 71.4 Å². The number of hydrogen-bond acceptors (Lipinski definition) is 5. The highest BCUT2D eigenvalue weighted by Gasteiger charge is 2.38. The van der Waals surface area contributed by atoms with Crippen molar-refractivity contribution in [3.8, 4) is 0 Å². The molecular formula is C26H43N5O4. The number of aromatic amines is 1. The number of piperidine rings is 1. The average Bonchev–Trinajstić information content (AvgIpc) is 3.54. The molecule has 1 aromatic rings. The van der Waals surface area contributed by atoms with Crippen molar-refractivity contribution in [3.63, 3.8) is 0 Å². The normalized spacial score (nSPS) is 19.4. The monoisotopic (exact) mass is 489 g/mol. The van der Waals surface area contributed by atoms with E-state index in [1.165, 1.54) is 0 Å². The minimum absolute atomic E-state index is 0.0608. The Labute approximate surface area is 209 Å². The zero-order valence-corrected chi connectivity index (χ0v) is 21.5. The molecule has 0 spiro atoms. The van der Waals surface area contributed by atoms with Crippen molar-refractivity contribution >= 4 is 18.2 Å². The van der Waals surface area contributed by atoms with E-state index >= 15 is 0 Å². The Bertz CT molecular complexity index is 808. The predicted molar refractivity (Wildman–Crippen MR) is 133 cm³/mol. The first-order valence-electron chi connectivity index (χ1n) is 13.0. The molecule has 0 aromatic carbocycles. The molecule has 0 bridgehead atoms. The fourth-order valence-corrected chi connectivity index (χ4v) is 5.31. The van der Waals surface area contributed by atoms with Gasteiger partial charge in [0.1, 0.15) is 6.04 Å². The van der Waals surface area contributed by atoms with E-state index in [9.17, 15) is 19.6 Å². The van der Waals surface area contributed by atoms with Crippen molar-refractivity contribution in [2.45, 2.75) is 84.3 Å². The lowest BCUT2D eigenvalue weighted by atomic mass is 9.84. The number of H-pyrrole nitrogens is 1. The molecule has 4 N–H and O–H groups in total. The standard InChI is InChI=1S/C26H43N5O4/c1-26(2,3)23(29-24(33)20(17-31(35)18-32)15-19-7-4-5-8-19)25(34)30-13-10-21(11-14-30)28-16-22-9-6-12-27-22/h6,9,12,18-21,23,27-28,35H,4-5,7-8,10-11,13-17H2,1-3H3,(H,29,33)/t20?,23-/m1/s1. The van der Waals surface area contributed by atoms with E-state index in [0.717, 1.165) is 50.8 Å². The van der Waals surface area contributed by atoms with E-state index in [0.29, 0.717) is 42.9 Å². The number of carbonyl (C=O) groups excluding carboxylic acids is 3. The van der Waals surface area contributed by atoms with Crippen LogP contribution in [0.2, 0.25) is 0 Å². The van der Waals surface area contributed by atoms with Crippen LogP contribution in [0.15, 0.2) is 18.3 Å². The molecule has 2 aliphatic rings. The Morgan fingerprint density at radius 3 is 2.49 bits per heavy atom. The van der Waals surface area contributed by atoms with E-state index in [2.05, 4.69) is 15.6 Å². The SMILES string of the molecule is CC(C)(C)[C@H](NC(=O)C(CC1CCCC1)CN(O)C=O)C(=O)N1CCC(NCc2ccc[nH]2)CC1. The van der Waals surface area contributed by atoms with Crippen LogP contribution in [0.3, 0.4) is 0 Å². The fraction of sp³-hybridized carbons (Fsp3) is 0.731. The van der Waals surface area contributed by atoms with Crippen LogP contribution in [0.5, 0.6) is 0 Å². The average molecular weight is 490 g/mol. The van der Waals surface area contributed by atoms with Gasteiger partial charge >= 0.3 is 0 Å². The smallest absolute Gasteiger partial charge is 0.245 e. The Morgan fingerprint density at radius 1 is 1.23 bits per heavy atom. The summed E-state index contributed by atoms with van der Waals surface area (Å²) < 4.78 is 0. The first-order valence-corrected chi connectivity index (χ1v) is 13.0. The Morgan fingerprint density at radius 2 is 1.91 bits per heavy atom. The lowest BCUT2D eigenvalue weighted by Crippen LogP contribution is -2.58. The number of amides is 3. The molecule has 1 unspecified atom stereocenters. The van der Waals surface area contributed by atoms with Crippen LogP contribution < -0.4 is 10.6 Å². The van der Waals surface area contributed by atoms with E-state index in [1.807, 2.05) is 44.0 Å². The summed E-state index contributed by atoms with van der Waals surface area (Å²) in [7, 11) is 0. The molecule has 2 atom stereocenters. The second-order valence-electron chi connectivity index (χ2n) is 11.3. The lowest BCUT2D eigenvalue weighted by Gasteiger charge is -2.39. The van der Waals surface area contributed by atoms with Crippen molar-refractivity contribution in [2.24, 2.45) is 17.3 Å². The van der Waals surface area contributed by atoms with Crippen LogP contribution in [-0.2, 0) is 20.9 Å². The van der Waals surface area contributed by atoms with Crippen LogP contribution in [0.4, 0.5) is 0 Å². The molecule has 1 aliphatic carbocycles. The minimum Gasteiger partial charge on any atom is -0.364 e. The third-order valence-corrected chi connectivity index (χ3v) is 7.44. The highest BCUT2D eigenvalue weighted by atomic mass is 16.5. The molecule has 2 heterocycles. The molecule has 9 heteroatoms. The summed E-state index contributed by atoms with van der Waals surface area (Å²) in [4.78, 5) is 42.9. The van der Waals surface area contributed by atoms with Gasteiger partial charge in [-0.1, -0.05) is 46.5 Å². The maximum atomic E-state index is 13.5. The number of hydrogen-bond donors (Lipinski definition) is 4. The number of aromatic nitrogens is 1. The lowest BCUT2D eigenvalue weighted by molar-refractivity contribution is -0.156. The molecule has 3 rings (SSSR count). The second kappa shape index (κ2) is 12.5. The van der Waals surface area contributed by atoms with Crippen LogP contribution in [0, 0.1) is 17.3 Å². The van der Waals surface area contributed by atoms with Gasteiger partial charge in [-0.05, 0) is 42.7 Å². The van der Waals surface area contributed by atoms with Crippen molar-refractivity contribution in [2.75, 3.05) is 19.6 Å². The Hall–Kier alpha value is -2.39. The fourth-order valence-electron chi connectivity index (χ4n) is 5.31. The molecule has 35 heavy (non-hydrogen) atoms. The summed E-state index contributed by atoms with van der Waals surface area (Å²) in [6.07, 6.45) is 8.99. The molecule has 1 saturated heterocycles. The van der Waals surface area contributed by atoms with E-state index in [4.69, 9.17) is 0 Å². The Balaban J connectivity index is 1.59. The molecule has 196 valence electrons.